The summed E-state index contributed by atoms with van der Waals surface area (Å²) in [4.78, 5) is 15.6. The molecule has 0 unspecified atom stereocenters. The number of rotatable bonds is 2. The van der Waals surface area contributed by atoms with E-state index in [2.05, 4.69) is 4.98 Å². The smallest absolute Gasteiger partial charge is 0.230 e. The van der Waals surface area contributed by atoms with Crippen LogP contribution in [0.2, 0.25) is 0 Å². The number of nitrogens with one attached hydrogen (secondary N) is 1. The zero-order valence-corrected chi connectivity index (χ0v) is 10.3. The molecule has 0 saturated carbocycles. The highest BCUT2D eigenvalue weighted by molar-refractivity contribution is 6.16. The van der Waals surface area contributed by atoms with Crippen molar-refractivity contribution in [3.8, 4) is 0 Å². The van der Waals surface area contributed by atoms with Crippen LogP contribution < -0.4 is 0 Å². The van der Waals surface area contributed by atoms with Crippen molar-refractivity contribution in [2.75, 3.05) is 0 Å². The van der Waals surface area contributed by atoms with Crippen LogP contribution in [0.4, 0.5) is 0 Å². The van der Waals surface area contributed by atoms with E-state index in [1.165, 1.54) is 6.26 Å². The van der Waals surface area contributed by atoms with E-state index >= 15 is 0 Å². The maximum atomic E-state index is 12.4. The van der Waals surface area contributed by atoms with Gasteiger partial charge in [-0.05, 0) is 38.1 Å². The van der Waals surface area contributed by atoms with Gasteiger partial charge in [0, 0.05) is 16.6 Å². The standard InChI is InChI=1S/C15H13NO2/c1-9-5-6-12-11(8-9)14(10(2)16-12)15(17)13-4-3-7-18-13/h3-8,16H,1-2H3. The first-order valence-electron chi connectivity index (χ1n) is 5.84. The molecule has 0 saturated heterocycles. The fraction of sp³-hybridized carbons (Fsp3) is 0.133. The molecule has 0 aliphatic heterocycles. The molecule has 2 heterocycles. The molecular weight excluding hydrogens is 226 g/mol. The maximum Gasteiger partial charge on any atom is 0.230 e. The monoisotopic (exact) mass is 239 g/mol. The fourth-order valence-electron chi connectivity index (χ4n) is 2.26. The highest BCUT2D eigenvalue weighted by atomic mass is 16.3. The predicted octanol–water partition coefficient (Wildman–Crippen LogP) is 3.61. The van der Waals surface area contributed by atoms with E-state index in [1.807, 2.05) is 32.0 Å². The molecule has 2 aromatic heterocycles. The lowest BCUT2D eigenvalue weighted by Crippen LogP contribution is -2.00. The topological polar surface area (TPSA) is 46.0 Å². The molecule has 0 radical (unpaired) electrons. The molecule has 0 bridgehead atoms. The number of furan rings is 1. The van der Waals surface area contributed by atoms with E-state index in [4.69, 9.17) is 4.42 Å². The first-order valence-corrected chi connectivity index (χ1v) is 5.84. The van der Waals surface area contributed by atoms with Gasteiger partial charge >= 0.3 is 0 Å². The first kappa shape index (κ1) is 10.8. The molecule has 90 valence electrons. The number of hydrogen-bond donors (Lipinski definition) is 1. The summed E-state index contributed by atoms with van der Waals surface area (Å²) in [6.45, 7) is 3.93. The van der Waals surface area contributed by atoms with Crippen LogP contribution in [-0.4, -0.2) is 10.8 Å². The van der Waals surface area contributed by atoms with E-state index in [0.29, 0.717) is 11.3 Å². The number of H-pyrrole nitrogens is 1. The number of benzene rings is 1. The minimum absolute atomic E-state index is 0.0747. The molecule has 3 rings (SSSR count). The average Bonchev–Trinajstić information content (AvgIpc) is 2.94. The van der Waals surface area contributed by atoms with Gasteiger partial charge in [0.2, 0.25) is 5.78 Å². The Balaban J connectivity index is 2.25. The van der Waals surface area contributed by atoms with Crippen LogP contribution in [0.5, 0.6) is 0 Å². The van der Waals surface area contributed by atoms with E-state index in [1.54, 1.807) is 12.1 Å². The van der Waals surface area contributed by atoms with E-state index in [9.17, 15) is 4.79 Å². The second kappa shape index (κ2) is 3.88. The summed E-state index contributed by atoms with van der Waals surface area (Å²) in [6.07, 6.45) is 1.52. The van der Waals surface area contributed by atoms with Gasteiger partial charge < -0.3 is 9.40 Å². The van der Waals surface area contributed by atoms with Crippen molar-refractivity contribution in [3.05, 3.63) is 59.2 Å². The van der Waals surface area contributed by atoms with Crippen molar-refractivity contribution < 1.29 is 9.21 Å². The fourth-order valence-corrected chi connectivity index (χ4v) is 2.26. The summed E-state index contributed by atoms with van der Waals surface area (Å²) in [5.41, 5.74) is 3.68. The van der Waals surface area contributed by atoms with Crippen LogP contribution in [0.15, 0.2) is 41.0 Å². The lowest BCUT2D eigenvalue weighted by Gasteiger charge is -1.98. The van der Waals surface area contributed by atoms with Crippen molar-refractivity contribution in [2.24, 2.45) is 0 Å². The van der Waals surface area contributed by atoms with Crippen LogP contribution in [-0.2, 0) is 0 Å². The zero-order chi connectivity index (χ0) is 12.7. The Morgan fingerprint density at radius 1 is 1.22 bits per heavy atom. The maximum absolute atomic E-state index is 12.4. The van der Waals surface area contributed by atoms with Crippen molar-refractivity contribution >= 4 is 16.7 Å². The number of fused-ring (bicyclic) bond motifs is 1. The SMILES string of the molecule is Cc1ccc2[nH]c(C)c(C(=O)c3ccco3)c2c1. The Kier molecular flexibility index (Phi) is 2.33. The van der Waals surface area contributed by atoms with Crippen LogP contribution >= 0.6 is 0 Å². The third-order valence-electron chi connectivity index (χ3n) is 3.11. The second-order valence-electron chi connectivity index (χ2n) is 4.48. The highest BCUT2D eigenvalue weighted by Gasteiger charge is 2.19. The number of carbonyl (C=O) groups excluding carboxylic acids is 1. The third kappa shape index (κ3) is 1.56. The Morgan fingerprint density at radius 2 is 2.06 bits per heavy atom. The van der Waals surface area contributed by atoms with Crippen molar-refractivity contribution in [2.45, 2.75) is 13.8 Å². The van der Waals surface area contributed by atoms with Crippen molar-refractivity contribution in [3.63, 3.8) is 0 Å². The van der Waals surface area contributed by atoms with Gasteiger partial charge in [0.05, 0.1) is 11.8 Å². The van der Waals surface area contributed by atoms with Crippen LogP contribution in [0.25, 0.3) is 10.9 Å². The summed E-state index contributed by atoms with van der Waals surface area (Å²) in [6, 6.07) is 9.46. The molecule has 0 amide bonds. The van der Waals surface area contributed by atoms with Gasteiger partial charge in [-0.15, -0.1) is 0 Å². The number of hydrogen-bond acceptors (Lipinski definition) is 2. The molecular formula is C15H13NO2. The lowest BCUT2D eigenvalue weighted by atomic mass is 10.0. The number of aryl methyl sites for hydroxylation is 2. The zero-order valence-electron chi connectivity index (χ0n) is 10.3. The number of aromatic amines is 1. The van der Waals surface area contributed by atoms with Crippen LogP contribution in [0.1, 0.15) is 27.4 Å². The van der Waals surface area contributed by atoms with Crippen molar-refractivity contribution in [1.29, 1.82) is 0 Å². The number of ketones is 1. The van der Waals surface area contributed by atoms with Crippen LogP contribution in [0.3, 0.4) is 0 Å². The van der Waals surface area contributed by atoms with Crippen LogP contribution in [0, 0.1) is 13.8 Å². The molecule has 1 aromatic carbocycles. The highest BCUT2D eigenvalue weighted by Crippen LogP contribution is 2.25. The van der Waals surface area contributed by atoms with Gasteiger partial charge in [0.25, 0.3) is 0 Å². The van der Waals surface area contributed by atoms with Gasteiger partial charge in [-0.2, -0.15) is 0 Å². The molecule has 0 aliphatic carbocycles. The number of aromatic nitrogens is 1. The molecule has 0 aliphatic rings. The molecule has 0 atom stereocenters. The summed E-state index contributed by atoms with van der Waals surface area (Å²) in [7, 11) is 0. The minimum atomic E-state index is -0.0747. The molecule has 1 N–H and O–H groups in total. The van der Waals surface area contributed by atoms with Gasteiger partial charge in [0.1, 0.15) is 0 Å². The Hall–Kier alpha value is -2.29. The van der Waals surface area contributed by atoms with E-state index in [-0.39, 0.29) is 5.78 Å². The minimum Gasteiger partial charge on any atom is -0.461 e. The average molecular weight is 239 g/mol. The molecule has 0 spiro atoms. The molecule has 3 nitrogen and oxygen atoms in total. The van der Waals surface area contributed by atoms with Gasteiger partial charge in [-0.3, -0.25) is 4.79 Å². The summed E-state index contributed by atoms with van der Waals surface area (Å²) < 4.78 is 5.19. The third-order valence-corrected chi connectivity index (χ3v) is 3.11. The normalized spacial score (nSPS) is 11.0. The summed E-state index contributed by atoms with van der Waals surface area (Å²) in [5.74, 6) is 0.301. The molecule has 3 aromatic rings. The van der Waals surface area contributed by atoms with Crippen molar-refractivity contribution in [1.82, 2.24) is 4.98 Å². The molecule has 0 fully saturated rings. The Morgan fingerprint density at radius 3 is 2.78 bits per heavy atom. The van der Waals surface area contributed by atoms with E-state index in [0.717, 1.165) is 22.2 Å². The van der Waals surface area contributed by atoms with Gasteiger partial charge in [-0.25, -0.2) is 0 Å². The molecule has 3 heteroatoms. The van der Waals surface area contributed by atoms with Gasteiger partial charge in [0.15, 0.2) is 5.76 Å². The quantitative estimate of drug-likeness (QED) is 0.694. The Labute approximate surface area is 104 Å². The number of carbonyl (C=O) groups is 1. The first-order chi connectivity index (χ1) is 8.66. The Bertz CT molecular complexity index is 720. The molecule has 18 heavy (non-hydrogen) atoms. The second-order valence-corrected chi connectivity index (χ2v) is 4.48. The lowest BCUT2D eigenvalue weighted by molar-refractivity contribution is 0.101. The van der Waals surface area contributed by atoms with Gasteiger partial charge in [-0.1, -0.05) is 11.6 Å². The summed E-state index contributed by atoms with van der Waals surface area (Å²) in [5, 5.41) is 0.953. The predicted molar refractivity (Wildman–Crippen MR) is 69.9 cm³/mol. The largest absolute Gasteiger partial charge is 0.461 e. The van der Waals surface area contributed by atoms with E-state index < -0.39 is 0 Å². The summed E-state index contributed by atoms with van der Waals surface area (Å²) >= 11 is 0.